The van der Waals surface area contributed by atoms with Gasteiger partial charge in [0.1, 0.15) is 12.1 Å². The summed E-state index contributed by atoms with van der Waals surface area (Å²) in [7, 11) is 0.327. The Labute approximate surface area is 203 Å². The zero-order valence-corrected chi connectivity index (χ0v) is 20.7. The van der Waals surface area contributed by atoms with E-state index in [0.29, 0.717) is 11.4 Å². The van der Waals surface area contributed by atoms with E-state index in [4.69, 9.17) is 32.5 Å². The molecule has 0 aliphatic carbocycles. The monoisotopic (exact) mass is 499 g/mol. The summed E-state index contributed by atoms with van der Waals surface area (Å²) >= 11 is 11.9. The lowest BCUT2D eigenvalue weighted by Gasteiger charge is -2.34. The number of amides is 2. The molecule has 3 atom stereocenters. The van der Waals surface area contributed by atoms with E-state index in [2.05, 4.69) is 10.6 Å². The van der Waals surface area contributed by atoms with Gasteiger partial charge in [0.15, 0.2) is 0 Å². The topological polar surface area (TPSA) is 114 Å². The van der Waals surface area contributed by atoms with Crippen molar-refractivity contribution < 1.29 is 28.5 Å². The molecule has 2 N–H and O–H groups in total. The Balaban J connectivity index is 2.10. The number of carbonyl (C=O) groups excluding carboxylic acids is 4. The number of hydrogen-bond acceptors (Lipinski definition) is 7. The Morgan fingerprint density at radius 3 is 2.24 bits per heavy atom. The van der Waals surface area contributed by atoms with E-state index in [0.717, 1.165) is 0 Å². The molecule has 1 aromatic carbocycles. The molecule has 0 saturated carbocycles. The van der Waals surface area contributed by atoms with Crippen LogP contribution in [0.15, 0.2) is 18.2 Å². The van der Waals surface area contributed by atoms with Gasteiger partial charge in [-0.3, -0.25) is 24.1 Å². The van der Waals surface area contributed by atoms with Crippen LogP contribution in [0.25, 0.3) is 0 Å². The van der Waals surface area contributed by atoms with E-state index in [9.17, 15) is 19.2 Å². The quantitative estimate of drug-likeness (QED) is 0.552. The lowest BCUT2D eigenvalue weighted by molar-refractivity contribution is -0.153. The van der Waals surface area contributed by atoms with Crippen molar-refractivity contribution in [1.29, 1.82) is 0 Å². The number of carbonyl (C=O) groups is 4. The van der Waals surface area contributed by atoms with Crippen molar-refractivity contribution in [1.82, 2.24) is 15.5 Å². The zero-order valence-electron chi connectivity index (χ0n) is 19.2. The van der Waals surface area contributed by atoms with Gasteiger partial charge in [0.25, 0.3) is 5.91 Å². The first-order valence-corrected chi connectivity index (χ1v) is 11.3. The van der Waals surface area contributed by atoms with Gasteiger partial charge >= 0.3 is 19.1 Å². The highest BCUT2D eigenvalue weighted by atomic mass is 35.5. The molecule has 1 aliphatic heterocycles. The summed E-state index contributed by atoms with van der Waals surface area (Å²) in [6.07, 6.45) is 0.365. The lowest BCUT2D eigenvalue weighted by Crippen LogP contribution is -2.59. The summed E-state index contributed by atoms with van der Waals surface area (Å²) in [5, 5.41) is 5.69. The molecule has 2 amide bonds. The fourth-order valence-electron chi connectivity index (χ4n) is 3.21. The molecule has 1 saturated heterocycles. The van der Waals surface area contributed by atoms with Gasteiger partial charge in [-0.05, 0) is 51.4 Å². The Morgan fingerprint density at radius 2 is 1.70 bits per heavy atom. The van der Waals surface area contributed by atoms with Crippen molar-refractivity contribution in [2.75, 3.05) is 13.6 Å². The Hall–Kier alpha value is -2.30. The second-order valence-corrected chi connectivity index (χ2v) is 9.21. The fourth-order valence-corrected chi connectivity index (χ4v) is 3.59. The van der Waals surface area contributed by atoms with Crippen molar-refractivity contribution in [3.05, 3.63) is 33.8 Å². The molecule has 0 radical (unpaired) electrons. The van der Waals surface area contributed by atoms with Crippen LogP contribution < -0.4 is 10.6 Å². The van der Waals surface area contributed by atoms with Gasteiger partial charge in [-0.15, -0.1) is 0 Å². The largest absolute Gasteiger partial charge is 0.622 e. The summed E-state index contributed by atoms with van der Waals surface area (Å²) in [6, 6.07) is 3.07. The van der Waals surface area contributed by atoms with E-state index in [1.807, 2.05) is 13.8 Å². The third-order valence-corrected chi connectivity index (χ3v) is 5.92. The number of hydrogen-bond donors (Lipinski definition) is 2. The Bertz CT molecular complexity index is 892. The molecule has 1 aliphatic rings. The predicted octanol–water partition coefficient (Wildman–Crippen LogP) is 2.09. The van der Waals surface area contributed by atoms with Gasteiger partial charge in [-0.1, -0.05) is 37.0 Å². The van der Waals surface area contributed by atoms with Crippen molar-refractivity contribution in [2.24, 2.45) is 5.92 Å². The average molecular weight is 500 g/mol. The molecule has 0 bridgehead atoms. The second-order valence-electron chi connectivity index (χ2n) is 8.37. The summed E-state index contributed by atoms with van der Waals surface area (Å²) in [4.78, 5) is 51.5. The normalized spacial score (nSPS) is 20.4. The molecule has 1 heterocycles. The molecule has 180 valence electrons. The van der Waals surface area contributed by atoms with Crippen LogP contribution in [0, 0.1) is 5.92 Å². The number of likely N-dealkylation sites (N-methyl/N-ethyl adjacent to an activating group) is 1. The predicted molar refractivity (Wildman–Crippen MR) is 125 cm³/mol. The first-order valence-electron chi connectivity index (χ1n) is 10.6. The average Bonchev–Trinajstić information content (AvgIpc) is 2.75. The van der Waals surface area contributed by atoms with Gasteiger partial charge in [0.05, 0.1) is 23.1 Å². The minimum absolute atomic E-state index is 0.0792. The van der Waals surface area contributed by atoms with Crippen LogP contribution in [-0.4, -0.2) is 67.4 Å². The molecule has 12 heteroatoms. The first-order chi connectivity index (χ1) is 15.4. The molecule has 0 spiro atoms. The number of nitrogens with zero attached hydrogens (tertiary/aromatic N) is 1. The summed E-state index contributed by atoms with van der Waals surface area (Å²) in [5.74, 6) is -3.01. The van der Waals surface area contributed by atoms with Gasteiger partial charge in [-0.25, -0.2) is 0 Å². The third kappa shape index (κ3) is 7.35. The third-order valence-electron chi connectivity index (χ3n) is 5.35. The number of rotatable bonds is 7. The first kappa shape index (κ1) is 27.0. The molecule has 1 aromatic rings. The molecule has 33 heavy (non-hydrogen) atoms. The maximum atomic E-state index is 12.6. The summed E-state index contributed by atoms with van der Waals surface area (Å²) in [5.41, 5.74) is 0.130. The van der Waals surface area contributed by atoms with Crippen LogP contribution in [0.5, 0.6) is 0 Å². The molecular weight excluding hydrogens is 472 g/mol. The van der Waals surface area contributed by atoms with E-state index in [1.54, 1.807) is 31.9 Å². The smallest absolute Gasteiger partial charge is 0.497 e. The number of benzene rings is 1. The molecular formula is C21H28BCl2N3O6. The Morgan fingerprint density at radius 1 is 1.12 bits per heavy atom. The fraction of sp³-hybridized carbons (Fsp3) is 0.524. The lowest BCUT2D eigenvalue weighted by atomic mass is 9.73. The van der Waals surface area contributed by atoms with Gasteiger partial charge in [-0.2, -0.15) is 0 Å². The van der Waals surface area contributed by atoms with E-state index < -0.39 is 48.9 Å². The van der Waals surface area contributed by atoms with Gasteiger partial charge in [0, 0.05) is 5.02 Å². The van der Waals surface area contributed by atoms with Crippen molar-refractivity contribution in [3.63, 3.8) is 0 Å². The van der Waals surface area contributed by atoms with Crippen LogP contribution in [0.4, 0.5) is 0 Å². The van der Waals surface area contributed by atoms with Crippen LogP contribution in [0.1, 0.15) is 44.5 Å². The Kier molecular flexibility index (Phi) is 9.57. The van der Waals surface area contributed by atoms with Crippen molar-refractivity contribution in [2.45, 2.75) is 52.1 Å². The minimum atomic E-state index is -1.30. The van der Waals surface area contributed by atoms with Crippen molar-refractivity contribution in [3.8, 4) is 0 Å². The SMILES string of the molecule is CC(C)C[C@H](NC(=O)CNC(=O)c1cc(Cl)ccc1Cl)B1OC(=O)[C@@H](C)N(C)[C@@H](C)C(=O)O1. The van der Waals surface area contributed by atoms with E-state index in [1.165, 1.54) is 12.1 Å². The highest BCUT2D eigenvalue weighted by Gasteiger charge is 2.44. The molecule has 2 rings (SSSR count). The number of halogens is 2. The number of nitrogens with one attached hydrogen (secondary N) is 2. The van der Waals surface area contributed by atoms with E-state index in [-0.39, 0.29) is 23.0 Å². The minimum Gasteiger partial charge on any atom is -0.497 e. The zero-order chi connectivity index (χ0) is 24.9. The van der Waals surface area contributed by atoms with Crippen LogP contribution in [0.2, 0.25) is 10.0 Å². The molecule has 0 unspecified atom stereocenters. The molecule has 1 fully saturated rings. The van der Waals surface area contributed by atoms with Crippen LogP contribution in [0.3, 0.4) is 0 Å². The molecule has 0 aromatic heterocycles. The summed E-state index contributed by atoms with van der Waals surface area (Å²) in [6.45, 7) is 6.70. The summed E-state index contributed by atoms with van der Waals surface area (Å²) < 4.78 is 10.8. The van der Waals surface area contributed by atoms with Crippen LogP contribution >= 0.6 is 23.2 Å². The molecule has 9 nitrogen and oxygen atoms in total. The van der Waals surface area contributed by atoms with Gasteiger partial charge in [0.2, 0.25) is 5.91 Å². The highest BCUT2D eigenvalue weighted by molar-refractivity contribution is 6.51. The standard InChI is InChI=1S/C21H28BCl2N3O6/c1-11(2)8-17(22-32-20(30)12(3)27(5)13(4)21(31)33-22)26-18(28)10-25-19(29)15-9-14(23)6-7-16(15)24/h6-7,9,11-13,17H,8,10H2,1-5H3,(H,25,29)(H,26,28)/t12-,13+,17-/m0/s1. The van der Waals surface area contributed by atoms with Crippen molar-refractivity contribution >= 4 is 54.1 Å². The van der Waals surface area contributed by atoms with Crippen LogP contribution in [-0.2, 0) is 23.7 Å². The maximum absolute atomic E-state index is 12.6. The second kappa shape index (κ2) is 11.7. The van der Waals surface area contributed by atoms with E-state index >= 15 is 0 Å². The van der Waals surface area contributed by atoms with Gasteiger partial charge < -0.3 is 19.9 Å². The maximum Gasteiger partial charge on any atom is 0.622 e. The highest BCUT2D eigenvalue weighted by Crippen LogP contribution is 2.20.